The molecule has 1 aliphatic rings. The van der Waals surface area contributed by atoms with Gasteiger partial charge in [0.05, 0.1) is 17.6 Å². The monoisotopic (exact) mass is 374 g/mol. The summed E-state index contributed by atoms with van der Waals surface area (Å²) in [5.74, 6) is 0.471. The van der Waals surface area contributed by atoms with E-state index in [0.29, 0.717) is 12.2 Å². The molecule has 0 aliphatic carbocycles. The van der Waals surface area contributed by atoms with Crippen LogP contribution in [-0.4, -0.2) is 31.8 Å². The number of hydrogen-bond acceptors (Lipinski definition) is 5. The minimum absolute atomic E-state index is 0.112. The van der Waals surface area contributed by atoms with Crippen molar-refractivity contribution in [1.82, 2.24) is 14.5 Å². The lowest BCUT2D eigenvalue weighted by molar-refractivity contribution is -0.0181. The van der Waals surface area contributed by atoms with Gasteiger partial charge in [-0.15, -0.1) is 0 Å². The topological polar surface area (TPSA) is 86.2 Å². The molecule has 3 heterocycles. The molecule has 0 amide bonds. The van der Waals surface area contributed by atoms with Crippen LogP contribution in [0.2, 0.25) is 0 Å². The molecule has 0 bridgehead atoms. The first kappa shape index (κ1) is 13.1. The van der Waals surface area contributed by atoms with E-state index in [-0.39, 0.29) is 12.3 Å². The summed E-state index contributed by atoms with van der Waals surface area (Å²) in [5, 5.41) is 10.8. The summed E-state index contributed by atoms with van der Waals surface area (Å²) < 4.78 is 8.81. The molecule has 102 valence electrons. The average molecular weight is 374 g/mol. The Morgan fingerprint density at radius 3 is 3.05 bits per heavy atom. The lowest BCUT2D eigenvalue weighted by Crippen LogP contribution is -2.19. The molecule has 2 aromatic rings. The van der Waals surface area contributed by atoms with Crippen LogP contribution >= 0.6 is 22.6 Å². The molecule has 1 fully saturated rings. The van der Waals surface area contributed by atoms with Crippen molar-refractivity contribution in [3.05, 3.63) is 16.1 Å². The highest BCUT2D eigenvalue weighted by atomic mass is 127. The van der Waals surface area contributed by atoms with E-state index in [9.17, 15) is 5.11 Å². The summed E-state index contributed by atoms with van der Waals surface area (Å²) in [5.41, 5.74) is 6.65. The molecular weight excluding hydrogens is 359 g/mol. The second-order valence-corrected chi connectivity index (χ2v) is 5.84. The molecule has 0 aromatic carbocycles. The normalized spacial score (nSPS) is 27.2. The Morgan fingerprint density at radius 1 is 1.58 bits per heavy atom. The molecule has 2 aromatic heterocycles. The van der Waals surface area contributed by atoms with Crippen LogP contribution in [0.3, 0.4) is 0 Å². The minimum atomic E-state index is -0.427. The molecule has 1 unspecified atom stereocenters. The molecule has 1 saturated heterocycles. The number of halogens is 1. The Bertz CT molecular complexity index is 615. The van der Waals surface area contributed by atoms with Gasteiger partial charge in [0.15, 0.2) is 0 Å². The summed E-state index contributed by atoms with van der Waals surface area (Å²) >= 11 is 2.21. The highest BCUT2D eigenvalue weighted by Gasteiger charge is 2.34. The first-order chi connectivity index (χ1) is 9.11. The molecule has 0 saturated carbocycles. The second-order valence-electron chi connectivity index (χ2n) is 4.68. The fraction of sp³-hybridized carbons (Fsp3) is 0.500. The van der Waals surface area contributed by atoms with Crippen LogP contribution < -0.4 is 5.73 Å². The van der Waals surface area contributed by atoms with Crippen molar-refractivity contribution in [2.75, 3.05) is 5.73 Å². The van der Waals surface area contributed by atoms with Crippen molar-refractivity contribution < 1.29 is 9.84 Å². The van der Waals surface area contributed by atoms with Gasteiger partial charge in [-0.25, -0.2) is 9.97 Å². The highest BCUT2D eigenvalue weighted by molar-refractivity contribution is 14.1. The van der Waals surface area contributed by atoms with Gasteiger partial charge in [0.25, 0.3) is 0 Å². The number of hydrogen-bond donors (Lipinski definition) is 2. The van der Waals surface area contributed by atoms with E-state index in [1.165, 1.54) is 6.33 Å². The highest BCUT2D eigenvalue weighted by Crippen LogP contribution is 2.35. The van der Waals surface area contributed by atoms with Gasteiger partial charge in [-0.05, 0) is 29.0 Å². The fourth-order valence-electron chi connectivity index (χ4n) is 2.54. The number of anilines is 1. The van der Waals surface area contributed by atoms with E-state index in [2.05, 4.69) is 32.6 Å². The maximum atomic E-state index is 9.96. The molecule has 19 heavy (non-hydrogen) atoms. The van der Waals surface area contributed by atoms with E-state index < -0.39 is 6.10 Å². The summed E-state index contributed by atoms with van der Waals surface area (Å²) in [7, 11) is 0. The largest absolute Gasteiger partial charge is 0.390 e. The molecule has 0 spiro atoms. The molecular formula is C12H15IN4O2. The van der Waals surface area contributed by atoms with Gasteiger partial charge in [0, 0.05) is 16.2 Å². The quantitative estimate of drug-likeness (QED) is 0.782. The molecule has 3 rings (SSSR count). The van der Waals surface area contributed by atoms with Crippen molar-refractivity contribution in [3.8, 4) is 0 Å². The first-order valence-electron chi connectivity index (χ1n) is 6.21. The van der Waals surface area contributed by atoms with Crippen LogP contribution in [0.4, 0.5) is 5.82 Å². The van der Waals surface area contributed by atoms with Crippen molar-refractivity contribution in [2.24, 2.45) is 0 Å². The second kappa shape index (κ2) is 4.88. The number of rotatable bonds is 2. The Hall–Kier alpha value is -0.930. The minimum Gasteiger partial charge on any atom is -0.390 e. The lowest BCUT2D eigenvalue weighted by atomic mass is 10.1. The van der Waals surface area contributed by atoms with E-state index in [0.717, 1.165) is 21.0 Å². The predicted molar refractivity (Wildman–Crippen MR) is 79.5 cm³/mol. The lowest BCUT2D eigenvalue weighted by Gasteiger charge is -2.14. The Kier molecular flexibility index (Phi) is 3.35. The number of aliphatic hydroxyl groups excluding tert-OH is 1. The Morgan fingerprint density at radius 2 is 2.37 bits per heavy atom. The summed E-state index contributed by atoms with van der Waals surface area (Å²) in [6, 6.07) is 0. The zero-order chi connectivity index (χ0) is 13.6. The Balaban J connectivity index is 2.05. The van der Waals surface area contributed by atoms with Gasteiger partial charge in [0.1, 0.15) is 24.0 Å². The maximum Gasteiger partial charge on any atom is 0.148 e. The first-order valence-corrected chi connectivity index (χ1v) is 7.29. The summed E-state index contributed by atoms with van der Waals surface area (Å²) in [4.78, 5) is 8.30. The summed E-state index contributed by atoms with van der Waals surface area (Å²) in [6.07, 6.45) is 4.04. The summed E-state index contributed by atoms with van der Waals surface area (Å²) in [6.45, 7) is 2.01. The fourth-order valence-corrected chi connectivity index (χ4v) is 3.35. The van der Waals surface area contributed by atoms with Crippen molar-refractivity contribution >= 4 is 39.4 Å². The number of nitrogens with two attached hydrogens (primary N) is 1. The number of aromatic nitrogens is 3. The van der Waals surface area contributed by atoms with Crippen LogP contribution in [-0.2, 0) is 4.74 Å². The Labute approximate surface area is 124 Å². The number of nitrogen functional groups attached to an aromatic ring is 1. The van der Waals surface area contributed by atoms with Crippen LogP contribution in [0.1, 0.15) is 26.0 Å². The molecule has 6 nitrogen and oxygen atoms in total. The number of nitrogens with zero attached hydrogens (tertiary/aromatic N) is 3. The maximum absolute atomic E-state index is 9.96. The average Bonchev–Trinajstić information content (AvgIpc) is 2.91. The SMILES string of the molecule is CC[C@H]1O[C@@H](n2cc(I)c3c(N)ncnc32)CC1O. The van der Waals surface area contributed by atoms with E-state index >= 15 is 0 Å². The van der Waals surface area contributed by atoms with E-state index in [1.807, 2.05) is 17.7 Å². The van der Waals surface area contributed by atoms with Gasteiger partial charge >= 0.3 is 0 Å². The van der Waals surface area contributed by atoms with Crippen LogP contribution in [0, 0.1) is 3.57 Å². The van der Waals surface area contributed by atoms with Crippen LogP contribution in [0.15, 0.2) is 12.5 Å². The zero-order valence-corrected chi connectivity index (χ0v) is 12.6. The molecule has 1 aliphatic heterocycles. The predicted octanol–water partition coefficient (Wildman–Crippen LogP) is 1.68. The molecule has 3 N–H and O–H groups in total. The van der Waals surface area contributed by atoms with Gasteiger partial charge in [0.2, 0.25) is 0 Å². The van der Waals surface area contributed by atoms with E-state index in [4.69, 9.17) is 10.5 Å². The van der Waals surface area contributed by atoms with Gasteiger partial charge in [-0.2, -0.15) is 0 Å². The van der Waals surface area contributed by atoms with Crippen molar-refractivity contribution in [2.45, 2.75) is 38.2 Å². The number of aliphatic hydroxyl groups is 1. The van der Waals surface area contributed by atoms with Gasteiger partial charge < -0.3 is 20.1 Å². The third-order valence-corrected chi connectivity index (χ3v) is 4.33. The van der Waals surface area contributed by atoms with E-state index in [1.54, 1.807) is 0 Å². The molecule has 7 heteroatoms. The third-order valence-electron chi connectivity index (χ3n) is 3.51. The smallest absolute Gasteiger partial charge is 0.148 e. The standard InChI is InChI=1S/C12H15IN4O2/c1-2-8-7(18)3-9(19-8)17-4-6(13)10-11(14)15-5-16-12(10)17/h4-5,7-9,18H,2-3H2,1H3,(H2,14,15,16)/t7?,8-,9-/m1/s1. The number of fused-ring (bicyclic) bond motifs is 1. The van der Waals surface area contributed by atoms with Crippen molar-refractivity contribution in [1.29, 1.82) is 0 Å². The van der Waals surface area contributed by atoms with Crippen LogP contribution in [0.25, 0.3) is 11.0 Å². The number of ether oxygens (including phenoxy) is 1. The zero-order valence-electron chi connectivity index (χ0n) is 10.5. The molecule has 3 atom stereocenters. The third kappa shape index (κ3) is 2.09. The van der Waals surface area contributed by atoms with Crippen molar-refractivity contribution in [3.63, 3.8) is 0 Å². The van der Waals surface area contributed by atoms with Crippen LogP contribution in [0.5, 0.6) is 0 Å². The van der Waals surface area contributed by atoms with Gasteiger partial charge in [-0.1, -0.05) is 6.92 Å². The van der Waals surface area contributed by atoms with Gasteiger partial charge in [-0.3, -0.25) is 0 Å². The molecule has 0 radical (unpaired) electrons.